The van der Waals surface area contributed by atoms with Gasteiger partial charge < -0.3 is 10.1 Å². The van der Waals surface area contributed by atoms with Crippen molar-refractivity contribution >= 4 is 0 Å². The molecule has 0 unspecified atom stereocenters. The van der Waals surface area contributed by atoms with Gasteiger partial charge in [-0.15, -0.1) is 0 Å². The summed E-state index contributed by atoms with van der Waals surface area (Å²) in [6, 6.07) is 6.58. The van der Waals surface area contributed by atoms with Crippen LogP contribution in [-0.4, -0.2) is 20.2 Å². The Morgan fingerprint density at radius 3 is 2.25 bits per heavy atom. The van der Waals surface area contributed by atoms with Crippen LogP contribution >= 0.6 is 0 Å². The minimum absolute atomic E-state index is 0.191. The third kappa shape index (κ3) is 3.99. The summed E-state index contributed by atoms with van der Waals surface area (Å²) in [5.74, 6) is 1.04. The second kappa shape index (κ2) is 8.31. The Hall–Kier alpha value is -1.02. The van der Waals surface area contributed by atoms with Crippen LogP contribution in [0, 0.1) is 6.92 Å². The molecule has 1 aromatic rings. The average molecular weight is 277 g/mol. The molecule has 0 amide bonds. The number of nitrogens with one attached hydrogen (secondary N) is 1. The largest absolute Gasteiger partial charge is 0.496 e. The maximum Gasteiger partial charge on any atom is 0.122 e. The van der Waals surface area contributed by atoms with Crippen LogP contribution in [0.15, 0.2) is 18.2 Å². The van der Waals surface area contributed by atoms with Gasteiger partial charge in [-0.2, -0.15) is 0 Å². The fraction of sp³-hybridized carbons (Fsp3) is 0.667. The zero-order chi connectivity index (χ0) is 15.0. The molecule has 0 aliphatic rings. The van der Waals surface area contributed by atoms with Gasteiger partial charge in [0.25, 0.3) is 0 Å². The molecule has 20 heavy (non-hydrogen) atoms. The first-order chi connectivity index (χ1) is 9.63. The third-order valence-electron chi connectivity index (χ3n) is 4.10. The molecule has 2 heteroatoms. The number of hydrogen-bond donors (Lipinski definition) is 1. The Kier molecular flexibility index (Phi) is 7.08. The lowest BCUT2D eigenvalue weighted by Gasteiger charge is -2.36. The SMILES string of the molecule is CCCC(CCC)(CNCC)c1cc(C)ccc1OC. The van der Waals surface area contributed by atoms with Gasteiger partial charge in [-0.3, -0.25) is 0 Å². The van der Waals surface area contributed by atoms with E-state index in [1.54, 1.807) is 7.11 Å². The van der Waals surface area contributed by atoms with Crippen LogP contribution in [0.2, 0.25) is 0 Å². The lowest BCUT2D eigenvalue weighted by molar-refractivity contribution is 0.317. The second-order valence-corrected chi connectivity index (χ2v) is 5.76. The predicted octanol–water partition coefficient (Wildman–Crippen LogP) is 4.45. The van der Waals surface area contributed by atoms with Crippen LogP contribution in [0.4, 0.5) is 0 Å². The molecule has 0 saturated carbocycles. The topological polar surface area (TPSA) is 21.3 Å². The normalized spacial score (nSPS) is 11.7. The van der Waals surface area contributed by atoms with E-state index in [4.69, 9.17) is 4.74 Å². The van der Waals surface area contributed by atoms with Crippen molar-refractivity contribution in [1.29, 1.82) is 0 Å². The van der Waals surface area contributed by atoms with E-state index in [0.717, 1.165) is 18.8 Å². The van der Waals surface area contributed by atoms with Gasteiger partial charge in [-0.05, 0) is 32.4 Å². The number of hydrogen-bond acceptors (Lipinski definition) is 2. The van der Waals surface area contributed by atoms with Gasteiger partial charge in [0.1, 0.15) is 5.75 Å². The van der Waals surface area contributed by atoms with Crippen molar-refractivity contribution < 1.29 is 4.74 Å². The summed E-state index contributed by atoms with van der Waals surface area (Å²) in [4.78, 5) is 0. The minimum atomic E-state index is 0.191. The Morgan fingerprint density at radius 2 is 1.75 bits per heavy atom. The first-order valence-electron chi connectivity index (χ1n) is 7.99. The van der Waals surface area contributed by atoms with Gasteiger partial charge in [0, 0.05) is 17.5 Å². The van der Waals surface area contributed by atoms with Gasteiger partial charge in [0.15, 0.2) is 0 Å². The molecular formula is C18H31NO. The summed E-state index contributed by atoms with van der Waals surface area (Å²) >= 11 is 0. The molecule has 1 N–H and O–H groups in total. The summed E-state index contributed by atoms with van der Waals surface area (Å²) in [7, 11) is 1.78. The molecule has 0 saturated heterocycles. The average Bonchev–Trinajstić information content (AvgIpc) is 2.45. The summed E-state index contributed by atoms with van der Waals surface area (Å²) in [5.41, 5.74) is 2.88. The fourth-order valence-corrected chi connectivity index (χ4v) is 3.22. The van der Waals surface area contributed by atoms with Gasteiger partial charge >= 0.3 is 0 Å². The number of aryl methyl sites for hydroxylation is 1. The molecule has 0 atom stereocenters. The molecule has 0 aromatic heterocycles. The molecule has 0 aliphatic carbocycles. The number of rotatable bonds is 9. The van der Waals surface area contributed by atoms with Crippen molar-refractivity contribution in [3.05, 3.63) is 29.3 Å². The molecule has 0 aliphatic heterocycles. The Labute approximate surface area is 124 Å². The Morgan fingerprint density at radius 1 is 1.10 bits per heavy atom. The molecule has 1 aromatic carbocycles. The molecule has 1 rings (SSSR count). The van der Waals surface area contributed by atoms with Crippen LogP contribution in [0.3, 0.4) is 0 Å². The smallest absolute Gasteiger partial charge is 0.122 e. The Balaban J connectivity index is 3.28. The lowest BCUT2D eigenvalue weighted by Crippen LogP contribution is -2.38. The van der Waals surface area contributed by atoms with Crippen molar-refractivity contribution in [3.8, 4) is 5.75 Å². The maximum absolute atomic E-state index is 5.65. The zero-order valence-electron chi connectivity index (χ0n) is 13.9. The lowest BCUT2D eigenvalue weighted by atomic mass is 9.72. The van der Waals surface area contributed by atoms with E-state index in [2.05, 4.69) is 51.2 Å². The summed E-state index contributed by atoms with van der Waals surface area (Å²) in [6.45, 7) is 10.9. The van der Waals surface area contributed by atoms with Crippen LogP contribution in [0.25, 0.3) is 0 Å². The molecule has 114 valence electrons. The molecular weight excluding hydrogens is 246 g/mol. The maximum atomic E-state index is 5.65. The van der Waals surface area contributed by atoms with Crippen molar-refractivity contribution in [1.82, 2.24) is 5.32 Å². The van der Waals surface area contributed by atoms with Crippen LogP contribution in [0.1, 0.15) is 57.6 Å². The van der Waals surface area contributed by atoms with E-state index >= 15 is 0 Å². The van der Waals surface area contributed by atoms with Gasteiger partial charge in [-0.1, -0.05) is 51.3 Å². The highest BCUT2D eigenvalue weighted by atomic mass is 16.5. The van der Waals surface area contributed by atoms with E-state index in [9.17, 15) is 0 Å². The van der Waals surface area contributed by atoms with Gasteiger partial charge in [0.2, 0.25) is 0 Å². The minimum Gasteiger partial charge on any atom is -0.496 e. The highest BCUT2D eigenvalue weighted by Gasteiger charge is 2.32. The van der Waals surface area contributed by atoms with Crippen molar-refractivity contribution in [2.24, 2.45) is 0 Å². The van der Waals surface area contributed by atoms with Crippen LogP contribution in [0.5, 0.6) is 5.75 Å². The number of likely N-dealkylation sites (N-methyl/N-ethyl adjacent to an activating group) is 1. The monoisotopic (exact) mass is 277 g/mol. The van der Waals surface area contributed by atoms with E-state index in [1.165, 1.54) is 36.8 Å². The van der Waals surface area contributed by atoms with Gasteiger partial charge in [-0.25, -0.2) is 0 Å². The molecule has 2 nitrogen and oxygen atoms in total. The standard InChI is InChI=1S/C18H31NO/c1-6-11-18(12-7-2,14-19-8-3)16-13-15(4)9-10-17(16)20-5/h9-10,13,19H,6-8,11-12,14H2,1-5H3. The molecule has 0 fully saturated rings. The van der Waals surface area contributed by atoms with Crippen LogP contribution in [-0.2, 0) is 5.41 Å². The fourth-order valence-electron chi connectivity index (χ4n) is 3.22. The van der Waals surface area contributed by atoms with Crippen LogP contribution < -0.4 is 10.1 Å². The van der Waals surface area contributed by atoms with E-state index < -0.39 is 0 Å². The van der Waals surface area contributed by atoms with E-state index in [0.29, 0.717) is 0 Å². The van der Waals surface area contributed by atoms with Crippen molar-refractivity contribution in [2.75, 3.05) is 20.2 Å². The highest BCUT2D eigenvalue weighted by molar-refractivity contribution is 5.43. The van der Waals surface area contributed by atoms with Crippen molar-refractivity contribution in [3.63, 3.8) is 0 Å². The summed E-state index contributed by atoms with van der Waals surface area (Å²) in [6.07, 6.45) is 4.80. The highest BCUT2D eigenvalue weighted by Crippen LogP contribution is 2.39. The first-order valence-corrected chi connectivity index (χ1v) is 7.99. The molecule has 0 spiro atoms. The summed E-state index contributed by atoms with van der Waals surface area (Å²) < 4.78 is 5.65. The molecule has 0 radical (unpaired) electrons. The third-order valence-corrected chi connectivity index (χ3v) is 4.10. The molecule has 0 heterocycles. The zero-order valence-corrected chi connectivity index (χ0v) is 13.9. The number of benzene rings is 1. The quantitative estimate of drug-likeness (QED) is 0.720. The molecule has 0 bridgehead atoms. The summed E-state index contributed by atoms with van der Waals surface area (Å²) in [5, 5.41) is 3.57. The first kappa shape index (κ1) is 17.0. The van der Waals surface area contributed by atoms with E-state index in [-0.39, 0.29) is 5.41 Å². The number of ether oxygens (including phenoxy) is 1. The predicted molar refractivity (Wildman–Crippen MR) is 87.8 cm³/mol. The van der Waals surface area contributed by atoms with Gasteiger partial charge in [0.05, 0.1) is 7.11 Å². The Bertz CT molecular complexity index is 394. The number of methoxy groups -OCH3 is 1. The van der Waals surface area contributed by atoms with Crippen molar-refractivity contribution in [2.45, 2.75) is 58.8 Å². The van der Waals surface area contributed by atoms with E-state index in [1.807, 2.05) is 0 Å². The second-order valence-electron chi connectivity index (χ2n) is 5.76.